The number of fused-ring (bicyclic) bond motifs is 1. The molecule has 0 N–H and O–H groups in total. The fraction of sp³-hybridized carbons (Fsp3) is 0.250. The lowest BCUT2D eigenvalue weighted by Gasteiger charge is -2.31. The first-order valence-electron chi connectivity index (χ1n) is 11.8. The quantitative estimate of drug-likeness (QED) is 0.253. The Labute approximate surface area is 215 Å². The monoisotopic (exact) mass is 524 g/mol. The van der Waals surface area contributed by atoms with Gasteiger partial charge in [-0.25, -0.2) is 12.8 Å². The number of benzene rings is 3. The van der Waals surface area contributed by atoms with Crippen LogP contribution in [0, 0.1) is 5.82 Å². The van der Waals surface area contributed by atoms with Gasteiger partial charge in [-0.15, -0.1) is 11.3 Å². The summed E-state index contributed by atoms with van der Waals surface area (Å²) in [5, 5.41) is 3.39. The molecule has 0 radical (unpaired) electrons. The van der Waals surface area contributed by atoms with Crippen molar-refractivity contribution in [3.05, 3.63) is 101 Å². The molecule has 0 aliphatic rings. The van der Waals surface area contributed by atoms with E-state index >= 15 is 0 Å². The van der Waals surface area contributed by atoms with Gasteiger partial charge in [0.15, 0.2) is 0 Å². The smallest absolute Gasteiger partial charge is 0.244 e. The molecule has 0 bridgehead atoms. The van der Waals surface area contributed by atoms with Crippen molar-refractivity contribution < 1.29 is 17.6 Å². The van der Waals surface area contributed by atoms with E-state index in [0.29, 0.717) is 18.4 Å². The van der Waals surface area contributed by atoms with Gasteiger partial charge in [0.1, 0.15) is 5.82 Å². The Kier molecular flexibility index (Phi) is 8.18. The largest absolute Gasteiger partial charge is 0.332 e. The van der Waals surface area contributed by atoms with Gasteiger partial charge in [0, 0.05) is 22.8 Å². The molecule has 0 fully saturated rings. The fourth-order valence-electron chi connectivity index (χ4n) is 4.09. The van der Waals surface area contributed by atoms with Gasteiger partial charge < -0.3 is 4.90 Å². The van der Waals surface area contributed by atoms with E-state index in [2.05, 4.69) is 0 Å². The van der Waals surface area contributed by atoms with Crippen LogP contribution in [0.1, 0.15) is 30.7 Å². The number of nitrogens with zero attached hydrogens (tertiary/aromatic N) is 2. The number of thiophene rings is 1. The zero-order valence-corrected chi connectivity index (χ0v) is 21.9. The SMILES string of the molecule is CCC(C)N(CC(=O)N(Cc1ccc(F)cc1)Cc1cccs1)S(=O)(=O)c1cccc2ccccc12. The van der Waals surface area contributed by atoms with E-state index in [1.54, 1.807) is 35.2 Å². The molecule has 0 saturated heterocycles. The first-order chi connectivity index (χ1) is 17.3. The van der Waals surface area contributed by atoms with Crippen molar-refractivity contribution >= 4 is 38.0 Å². The molecule has 0 spiro atoms. The maximum absolute atomic E-state index is 13.9. The molecule has 36 heavy (non-hydrogen) atoms. The highest BCUT2D eigenvalue weighted by Crippen LogP contribution is 2.28. The molecule has 5 nitrogen and oxygen atoms in total. The minimum Gasteiger partial charge on any atom is -0.332 e. The predicted octanol–water partition coefficient (Wildman–Crippen LogP) is 6.06. The van der Waals surface area contributed by atoms with Crippen molar-refractivity contribution in [3.63, 3.8) is 0 Å². The second kappa shape index (κ2) is 11.3. The summed E-state index contributed by atoms with van der Waals surface area (Å²) in [5.41, 5.74) is 0.772. The minimum atomic E-state index is -3.97. The number of sulfonamides is 1. The van der Waals surface area contributed by atoms with Crippen LogP contribution in [0.3, 0.4) is 0 Å². The number of halogens is 1. The Morgan fingerprint density at radius 2 is 1.67 bits per heavy atom. The third-order valence-corrected chi connectivity index (χ3v) is 9.16. The second-order valence-electron chi connectivity index (χ2n) is 8.74. The van der Waals surface area contributed by atoms with Crippen LogP contribution in [-0.2, 0) is 27.9 Å². The van der Waals surface area contributed by atoms with E-state index in [0.717, 1.165) is 15.8 Å². The molecule has 1 amide bonds. The summed E-state index contributed by atoms with van der Waals surface area (Å²) in [4.78, 5) is 16.5. The van der Waals surface area contributed by atoms with Gasteiger partial charge in [-0.05, 0) is 53.9 Å². The van der Waals surface area contributed by atoms with Gasteiger partial charge in [-0.1, -0.05) is 61.5 Å². The number of hydrogen-bond acceptors (Lipinski definition) is 4. The number of rotatable bonds is 10. The molecule has 0 aliphatic carbocycles. The highest BCUT2D eigenvalue weighted by molar-refractivity contribution is 7.89. The zero-order chi connectivity index (χ0) is 25.7. The summed E-state index contributed by atoms with van der Waals surface area (Å²) in [6, 6.07) is 22.0. The van der Waals surface area contributed by atoms with Crippen LogP contribution in [0.5, 0.6) is 0 Å². The molecule has 1 unspecified atom stereocenters. The molecule has 188 valence electrons. The van der Waals surface area contributed by atoms with Crippen molar-refractivity contribution in [2.45, 2.75) is 44.3 Å². The first kappa shape index (κ1) is 26.0. The summed E-state index contributed by atoms with van der Waals surface area (Å²) in [6.45, 7) is 4.03. The predicted molar refractivity (Wildman–Crippen MR) is 143 cm³/mol. The Balaban J connectivity index is 1.67. The molecule has 3 aromatic carbocycles. The highest BCUT2D eigenvalue weighted by Gasteiger charge is 2.33. The van der Waals surface area contributed by atoms with Crippen LogP contribution in [-0.4, -0.2) is 36.1 Å². The van der Waals surface area contributed by atoms with Crippen molar-refractivity contribution in [2.75, 3.05) is 6.54 Å². The summed E-state index contributed by atoms with van der Waals surface area (Å²) in [5.74, 6) is -0.657. The van der Waals surface area contributed by atoms with E-state index in [-0.39, 0.29) is 35.8 Å². The highest BCUT2D eigenvalue weighted by atomic mass is 32.2. The van der Waals surface area contributed by atoms with E-state index in [4.69, 9.17) is 0 Å². The zero-order valence-electron chi connectivity index (χ0n) is 20.3. The van der Waals surface area contributed by atoms with Crippen LogP contribution in [0.2, 0.25) is 0 Å². The summed E-state index contributed by atoms with van der Waals surface area (Å²) in [7, 11) is -3.97. The van der Waals surface area contributed by atoms with Gasteiger partial charge >= 0.3 is 0 Å². The van der Waals surface area contributed by atoms with E-state index < -0.39 is 10.0 Å². The standard InChI is InChI=1S/C28H29FN2O3S2/c1-3-21(2)31(36(33,34)27-12-6-9-23-8-4-5-11-26(23)27)20-28(32)30(19-25-10-7-17-35-25)18-22-13-15-24(29)16-14-22/h4-17,21H,3,18-20H2,1-2H3. The van der Waals surface area contributed by atoms with Crippen LogP contribution >= 0.6 is 11.3 Å². The molecule has 1 atom stereocenters. The molecular weight excluding hydrogens is 495 g/mol. The Morgan fingerprint density at radius 3 is 2.36 bits per heavy atom. The summed E-state index contributed by atoms with van der Waals surface area (Å²) < 4.78 is 42.6. The van der Waals surface area contributed by atoms with Gasteiger partial charge in [-0.3, -0.25) is 4.79 Å². The van der Waals surface area contributed by atoms with E-state index in [1.807, 2.05) is 55.6 Å². The number of amides is 1. The van der Waals surface area contributed by atoms with Crippen molar-refractivity contribution in [1.82, 2.24) is 9.21 Å². The topological polar surface area (TPSA) is 57.7 Å². The molecule has 1 aromatic heterocycles. The lowest BCUT2D eigenvalue weighted by molar-refractivity contribution is -0.133. The molecule has 4 rings (SSSR count). The number of hydrogen-bond donors (Lipinski definition) is 0. The Bertz CT molecular complexity index is 1420. The van der Waals surface area contributed by atoms with Gasteiger partial charge in [0.2, 0.25) is 15.9 Å². The van der Waals surface area contributed by atoms with Crippen LogP contribution in [0.25, 0.3) is 10.8 Å². The van der Waals surface area contributed by atoms with Gasteiger partial charge in [0.05, 0.1) is 18.0 Å². The number of carbonyl (C=O) groups is 1. The average Bonchev–Trinajstić information content (AvgIpc) is 3.40. The molecule has 0 aliphatic heterocycles. The minimum absolute atomic E-state index is 0.192. The molecule has 4 aromatic rings. The molecule has 8 heteroatoms. The summed E-state index contributed by atoms with van der Waals surface area (Å²) in [6.07, 6.45) is 0.556. The van der Waals surface area contributed by atoms with E-state index in [1.165, 1.54) is 27.8 Å². The third-order valence-electron chi connectivity index (χ3n) is 6.28. The third kappa shape index (κ3) is 5.83. The van der Waals surface area contributed by atoms with E-state index in [9.17, 15) is 17.6 Å². The van der Waals surface area contributed by atoms with Gasteiger partial charge in [-0.2, -0.15) is 4.31 Å². The molecule has 1 heterocycles. The van der Waals surface area contributed by atoms with Crippen molar-refractivity contribution in [2.24, 2.45) is 0 Å². The average molecular weight is 525 g/mol. The maximum atomic E-state index is 13.9. The fourth-order valence-corrected chi connectivity index (χ4v) is 6.68. The lowest BCUT2D eigenvalue weighted by atomic mass is 10.1. The second-order valence-corrected chi connectivity index (χ2v) is 11.6. The summed E-state index contributed by atoms with van der Waals surface area (Å²) >= 11 is 1.53. The van der Waals surface area contributed by atoms with Crippen molar-refractivity contribution in [3.8, 4) is 0 Å². The van der Waals surface area contributed by atoms with Crippen LogP contribution < -0.4 is 0 Å². The first-order valence-corrected chi connectivity index (χ1v) is 14.2. The Hall–Kier alpha value is -3.07. The van der Waals surface area contributed by atoms with Crippen molar-refractivity contribution in [1.29, 1.82) is 0 Å². The van der Waals surface area contributed by atoms with Gasteiger partial charge in [0.25, 0.3) is 0 Å². The molecule has 0 saturated carbocycles. The van der Waals surface area contributed by atoms with Crippen LogP contribution in [0.15, 0.2) is 89.1 Å². The number of carbonyl (C=O) groups excluding carboxylic acids is 1. The van der Waals surface area contributed by atoms with Crippen LogP contribution in [0.4, 0.5) is 4.39 Å². The maximum Gasteiger partial charge on any atom is 0.244 e. The normalized spacial score (nSPS) is 12.7. The Morgan fingerprint density at radius 1 is 0.944 bits per heavy atom. The lowest BCUT2D eigenvalue weighted by Crippen LogP contribution is -2.46. The molecular formula is C28H29FN2O3S2.